The third-order valence-electron chi connectivity index (χ3n) is 3.98. The van der Waals surface area contributed by atoms with Gasteiger partial charge in [-0.05, 0) is 29.3 Å². The number of nitrogens with zero attached hydrogens (tertiary/aromatic N) is 2. The highest BCUT2D eigenvalue weighted by molar-refractivity contribution is 7.98. The Morgan fingerprint density at radius 1 is 1.25 bits per heavy atom. The van der Waals surface area contributed by atoms with Crippen molar-refractivity contribution < 1.29 is 0 Å². The maximum atomic E-state index is 9.02. The average Bonchev–Trinajstić information content (AvgIpc) is 2.97. The van der Waals surface area contributed by atoms with Gasteiger partial charge < -0.3 is 9.71 Å². The van der Waals surface area contributed by atoms with Gasteiger partial charge in [0.15, 0.2) is 0 Å². The SMILES string of the molecule is N#Cc1cccc(CN2Cc3cc(Cl)c4c(Cl)c[nH]c4c3NS2)c1. The minimum atomic E-state index is 0.625. The Bertz CT molecular complexity index is 977. The molecule has 120 valence electrons. The number of benzene rings is 2. The Balaban J connectivity index is 1.63. The molecule has 2 aromatic carbocycles. The van der Waals surface area contributed by atoms with Crippen molar-refractivity contribution in [2.45, 2.75) is 13.1 Å². The lowest BCUT2D eigenvalue weighted by Crippen LogP contribution is -2.22. The molecule has 0 fully saturated rings. The van der Waals surface area contributed by atoms with Gasteiger partial charge in [0.05, 0.1) is 32.9 Å². The van der Waals surface area contributed by atoms with E-state index in [0.29, 0.717) is 15.6 Å². The summed E-state index contributed by atoms with van der Waals surface area (Å²) in [6.07, 6.45) is 1.75. The van der Waals surface area contributed by atoms with Crippen LogP contribution in [0.25, 0.3) is 10.9 Å². The molecule has 1 aromatic heterocycles. The van der Waals surface area contributed by atoms with Crippen molar-refractivity contribution >= 4 is 51.9 Å². The van der Waals surface area contributed by atoms with E-state index in [0.717, 1.165) is 40.8 Å². The summed E-state index contributed by atoms with van der Waals surface area (Å²) in [6, 6.07) is 11.8. The van der Waals surface area contributed by atoms with E-state index in [1.807, 2.05) is 30.3 Å². The zero-order valence-electron chi connectivity index (χ0n) is 12.4. The molecule has 0 unspecified atom stereocenters. The normalized spacial score (nSPS) is 14.2. The van der Waals surface area contributed by atoms with E-state index in [9.17, 15) is 0 Å². The first-order valence-electron chi connectivity index (χ1n) is 7.30. The summed E-state index contributed by atoms with van der Waals surface area (Å²) < 4.78 is 5.56. The van der Waals surface area contributed by atoms with Gasteiger partial charge in [0, 0.05) is 36.8 Å². The fourth-order valence-corrected chi connectivity index (χ4v) is 4.39. The molecule has 4 rings (SSSR count). The first-order valence-corrected chi connectivity index (χ1v) is 8.83. The quantitative estimate of drug-likeness (QED) is 0.594. The summed E-state index contributed by atoms with van der Waals surface area (Å²) in [6.45, 7) is 1.48. The van der Waals surface area contributed by atoms with Crippen LogP contribution < -0.4 is 4.72 Å². The largest absolute Gasteiger partial charge is 0.358 e. The average molecular weight is 375 g/mol. The first-order chi connectivity index (χ1) is 11.7. The van der Waals surface area contributed by atoms with Gasteiger partial charge in [-0.2, -0.15) is 5.26 Å². The first kappa shape index (κ1) is 15.7. The maximum Gasteiger partial charge on any atom is 0.0991 e. The highest BCUT2D eigenvalue weighted by atomic mass is 35.5. The maximum absolute atomic E-state index is 9.02. The van der Waals surface area contributed by atoms with Crippen LogP contribution in [0.4, 0.5) is 5.69 Å². The van der Waals surface area contributed by atoms with Gasteiger partial charge in [0.2, 0.25) is 0 Å². The van der Waals surface area contributed by atoms with Crippen LogP contribution in [0, 0.1) is 11.3 Å². The number of nitrogens with one attached hydrogen (secondary N) is 2. The predicted octanol–water partition coefficient (Wildman–Crippen LogP) is 5.34. The van der Waals surface area contributed by atoms with Crippen molar-refractivity contribution in [3.63, 3.8) is 0 Å². The molecular weight excluding hydrogens is 363 g/mol. The van der Waals surface area contributed by atoms with Crippen molar-refractivity contribution in [3.05, 3.63) is 63.3 Å². The lowest BCUT2D eigenvalue weighted by molar-refractivity contribution is 0.461. The smallest absolute Gasteiger partial charge is 0.0991 e. The van der Waals surface area contributed by atoms with Gasteiger partial charge in [-0.25, -0.2) is 4.31 Å². The van der Waals surface area contributed by atoms with Gasteiger partial charge >= 0.3 is 0 Å². The third-order valence-corrected chi connectivity index (χ3v) is 5.39. The van der Waals surface area contributed by atoms with Gasteiger partial charge in [0.25, 0.3) is 0 Å². The molecule has 7 heteroatoms. The Kier molecular flexibility index (Phi) is 4.07. The number of hydrogen-bond donors (Lipinski definition) is 2. The van der Waals surface area contributed by atoms with E-state index in [-0.39, 0.29) is 0 Å². The molecule has 0 saturated carbocycles. The van der Waals surface area contributed by atoms with Gasteiger partial charge in [-0.1, -0.05) is 35.3 Å². The molecule has 2 heterocycles. The van der Waals surface area contributed by atoms with Crippen molar-refractivity contribution in [1.82, 2.24) is 9.29 Å². The molecule has 2 N–H and O–H groups in total. The Morgan fingerprint density at radius 2 is 2.12 bits per heavy atom. The number of nitriles is 1. The lowest BCUT2D eigenvalue weighted by atomic mass is 10.1. The number of aromatic nitrogens is 1. The molecule has 1 aliphatic rings. The number of H-pyrrole nitrogens is 1. The third kappa shape index (κ3) is 2.72. The highest BCUT2D eigenvalue weighted by Gasteiger charge is 2.22. The summed E-state index contributed by atoms with van der Waals surface area (Å²) in [7, 11) is 0. The number of rotatable bonds is 2. The molecular formula is C17H12Cl2N4S. The molecule has 0 atom stereocenters. The van der Waals surface area contributed by atoms with Gasteiger partial charge in [-0.15, -0.1) is 0 Å². The second kappa shape index (κ2) is 6.23. The van der Waals surface area contributed by atoms with E-state index >= 15 is 0 Å². The molecule has 3 aromatic rings. The molecule has 1 aliphatic heterocycles. The van der Waals surface area contributed by atoms with Crippen LogP contribution in [0.15, 0.2) is 36.5 Å². The summed E-state index contributed by atoms with van der Waals surface area (Å²) in [5.41, 5.74) is 4.84. The topological polar surface area (TPSA) is 54.9 Å². The Hall–Kier alpha value is -1.84. The molecule has 0 bridgehead atoms. The summed E-state index contributed by atoms with van der Waals surface area (Å²) in [5, 5.41) is 11.1. The molecule has 0 amide bonds. The second-order valence-electron chi connectivity index (χ2n) is 5.58. The van der Waals surface area contributed by atoms with Crippen molar-refractivity contribution in [2.24, 2.45) is 0 Å². The standard InChI is InChI=1S/C17H12Cl2N4S/c18-13-5-12-9-23(8-11-3-1-2-10(4-11)6-20)24-22-16(12)17-15(13)14(19)7-21-17/h1-5,7,21-22H,8-9H2. The lowest BCUT2D eigenvalue weighted by Gasteiger charge is -2.28. The number of anilines is 1. The van der Waals surface area contributed by atoms with Crippen LogP contribution in [0.1, 0.15) is 16.7 Å². The minimum absolute atomic E-state index is 0.625. The van der Waals surface area contributed by atoms with Crippen LogP contribution in [-0.4, -0.2) is 9.29 Å². The highest BCUT2D eigenvalue weighted by Crippen LogP contribution is 2.41. The molecule has 4 nitrogen and oxygen atoms in total. The monoisotopic (exact) mass is 374 g/mol. The van der Waals surface area contributed by atoms with E-state index in [4.69, 9.17) is 28.5 Å². The van der Waals surface area contributed by atoms with Gasteiger partial charge in [0.1, 0.15) is 0 Å². The van der Waals surface area contributed by atoms with E-state index in [1.165, 1.54) is 12.1 Å². The molecule has 0 saturated heterocycles. The molecule has 0 aliphatic carbocycles. The predicted molar refractivity (Wildman–Crippen MR) is 99.9 cm³/mol. The number of fused-ring (bicyclic) bond motifs is 3. The number of hydrogen-bond acceptors (Lipinski definition) is 4. The molecule has 0 radical (unpaired) electrons. The van der Waals surface area contributed by atoms with Crippen molar-refractivity contribution in [2.75, 3.05) is 4.72 Å². The van der Waals surface area contributed by atoms with Crippen LogP contribution in [-0.2, 0) is 13.1 Å². The molecule has 24 heavy (non-hydrogen) atoms. The van der Waals surface area contributed by atoms with E-state index in [2.05, 4.69) is 20.1 Å². The van der Waals surface area contributed by atoms with Crippen LogP contribution in [0.3, 0.4) is 0 Å². The van der Waals surface area contributed by atoms with Gasteiger partial charge in [-0.3, -0.25) is 0 Å². The van der Waals surface area contributed by atoms with Crippen LogP contribution >= 0.6 is 35.3 Å². The van der Waals surface area contributed by atoms with Crippen molar-refractivity contribution in [3.8, 4) is 6.07 Å². The Morgan fingerprint density at radius 3 is 2.96 bits per heavy atom. The van der Waals surface area contributed by atoms with Crippen LogP contribution in [0.5, 0.6) is 0 Å². The number of aromatic amines is 1. The van der Waals surface area contributed by atoms with Crippen LogP contribution in [0.2, 0.25) is 10.0 Å². The summed E-state index contributed by atoms with van der Waals surface area (Å²) >= 11 is 14.1. The minimum Gasteiger partial charge on any atom is -0.358 e. The van der Waals surface area contributed by atoms with Crippen molar-refractivity contribution in [1.29, 1.82) is 5.26 Å². The van der Waals surface area contributed by atoms with E-state index < -0.39 is 0 Å². The number of halogens is 2. The zero-order valence-corrected chi connectivity index (χ0v) is 14.8. The fraction of sp³-hybridized carbons (Fsp3) is 0.118. The van der Waals surface area contributed by atoms with E-state index in [1.54, 1.807) is 6.20 Å². The summed E-state index contributed by atoms with van der Waals surface area (Å²) in [5.74, 6) is 0. The zero-order chi connectivity index (χ0) is 16.7. The second-order valence-corrected chi connectivity index (χ2v) is 7.30. The molecule has 0 spiro atoms. The Labute approximate surface area is 153 Å². The fourth-order valence-electron chi connectivity index (χ4n) is 2.89. The summed E-state index contributed by atoms with van der Waals surface area (Å²) in [4.78, 5) is 3.19.